The van der Waals surface area contributed by atoms with Gasteiger partial charge < -0.3 is 5.32 Å². The number of aromatic nitrogens is 2. The van der Waals surface area contributed by atoms with Crippen molar-refractivity contribution in [2.24, 2.45) is 0 Å². The number of nitrogens with zero attached hydrogens (tertiary/aromatic N) is 2. The molecule has 0 unspecified atom stereocenters. The van der Waals surface area contributed by atoms with Gasteiger partial charge in [-0.15, -0.1) is 0 Å². The molecule has 0 aromatic carbocycles. The molecule has 0 saturated heterocycles. The Kier molecular flexibility index (Phi) is 3.72. The molecule has 0 fully saturated rings. The molecule has 0 bridgehead atoms. The zero-order valence-corrected chi connectivity index (χ0v) is 9.48. The maximum Gasteiger partial charge on any atom is 0.125 e. The maximum atomic E-state index is 5.74. The Hall–Kier alpha value is -1.61. The Labute approximate surface area is 99.5 Å². The van der Waals surface area contributed by atoms with Gasteiger partial charge >= 0.3 is 0 Å². The molecular formula is C12H12ClN3. The Morgan fingerprint density at radius 1 is 1.12 bits per heavy atom. The summed E-state index contributed by atoms with van der Waals surface area (Å²) < 4.78 is 0. The van der Waals surface area contributed by atoms with Crippen LogP contribution in [0.5, 0.6) is 0 Å². The molecule has 0 aliphatic rings. The van der Waals surface area contributed by atoms with Crippen molar-refractivity contribution in [2.75, 3.05) is 11.9 Å². The topological polar surface area (TPSA) is 37.8 Å². The molecule has 1 N–H and O–H groups in total. The van der Waals surface area contributed by atoms with E-state index in [4.69, 9.17) is 11.6 Å². The lowest BCUT2D eigenvalue weighted by molar-refractivity contribution is 1.00. The minimum absolute atomic E-state index is 0.652. The molecule has 0 saturated carbocycles. The van der Waals surface area contributed by atoms with Crippen molar-refractivity contribution in [1.29, 1.82) is 0 Å². The van der Waals surface area contributed by atoms with E-state index >= 15 is 0 Å². The second kappa shape index (κ2) is 5.47. The van der Waals surface area contributed by atoms with E-state index in [2.05, 4.69) is 15.3 Å². The second-order valence-corrected chi connectivity index (χ2v) is 3.83. The highest BCUT2D eigenvalue weighted by atomic mass is 35.5. The lowest BCUT2D eigenvalue weighted by atomic mass is 10.2. The number of hydrogen-bond acceptors (Lipinski definition) is 3. The summed E-state index contributed by atoms with van der Waals surface area (Å²) in [5.74, 6) is 0.846. The summed E-state index contributed by atoms with van der Waals surface area (Å²) in [4.78, 5) is 8.13. The summed E-state index contributed by atoms with van der Waals surface area (Å²) in [6, 6.07) is 7.71. The van der Waals surface area contributed by atoms with Crippen LogP contribution in [0, 0.1) is 0 Å². The predicted molar refractivity (Wildman–Crippen MR) is 65.7 cm³/mol. The molecule has 0 atom stereocenters. The van der Waals surface area contributed by atoms with Crippen LogP contribution in [0.4, 0.5) is 5.82 Å². The number of hydrogen-bond donors (Lipinski definition) is 1. The summed E-state index contributed by atoms with van der Waals surface area (Å²) in [5, 5.41) is 3.88. The van der Waals surface area contributed by atoms with Crippen LogP contribution in [0.15, 0.2) is 42.9 Å². The fourth-order valence-corrected chi connectivity index (χ4v) is 1.48. The third-order valence-electron chi connectivity index (χ3n) is 2.20. The first-order chi connectivity index (χ1) is 7.84. The van der Waals surface area contributed by atoms with Gasteiger partial charge in [-0.3, -0.25) is 4.98 Å². The van der Waals surface area contributed by atoms with Gasteiger partial charge in [0.1, 0.15) is 5.82 Å². The van der Waals surface area contributed by atoms with Crippen molar-refractivity contribution < 1.29 is 0 Å². The van der Waals surface area contributed by atoms with Crippen LogP contribution in [-0.2, 0) is 6.42 Å². The molecule has 2 aromatic rings. The second-order valence-electron chi connectivity index (χ2n) is 3.39. The van der Waals surface area contributed by atoms with Crippen LogP contribution in [0.1, 0.15) is 5.56 Å². The zero-order chi connectivity index (χ0) is 11.2. The zero-order valence-electron chi connectivity index (χ0n) is 8.73. The molecule has 0 radical (unpaired) electrons. The Morgan fingerprint density at radius 3 is 2.62 bits per heavy atom. The van der Waals surface area contributed by atoms with Crippen LogP contribution in [0.3, 0.4) is 0 Å². The molecule has 82 valence electrons. The average Bonchev–Trinajstić information content (AvgIpc) is 2.33. The van der Waals surface area contributed by atoms with E-state index in [0.29, 0.717) is 5.02 Å². The standard InChI is InChI=1S/C12H12ClN3/c13-11-1-2-12(16-9-11)15-8-5-10-3-6-14-7-4-10/h1-4,6-7,9H,5,8H2,(H,15,16). The molecule has 0 aliphatic carbocycles. The quantitative estimate of drug-likeness (QED) is 0.883. The van der Waals surface area contributed by atoms with Crippen LogP contribution >= 0.6 is 11.6 Å². The van der Waals surface area contributed by atoms with E-state index in [0.717, 1.165) is 18.8 Å². The number of pyridine rings is 2. The largest absolute Gasteiger partial charge is 0.370 e. The van der Waals surface area contributed by atoms with Crippen molar-refractivity contribution in [2.45, 2.75) is 6.42 Å². The van der Waals surface area contributed by atoms with Crippen molar-refractivity contribution in [3.05, 3.63) is 53.4 Å². The van der Waals surface area contributed by atoms with Crippen molar-refractivity contribution in [3.63, 3.8) is 0 Å². The third kappa shape index (κ3) is 3.21. The minimum Gasteiger partial charge on any atom is -0.370 e. The van der Waals surface area contributed by atoms with Crippen molar-refractivity contribution in [1.82, 2.24) is 9.97 Å². The van der Waals surface area contributed by atoms with E-state index in [9.17, 15) is 0 Å². The lowest BCUT2D eigenvalue weighted by Gasteiger charge is -2.05. The van der Waals surface area contributed by atoms with Gasteiger partial charge in [0.2, 0.25) is 0 Å². The molecule has 0 amide bonds. The highest BCUT2D eigenvalue weighted by molar-refractivity contribution is 6.30. The van der Waals surface area contributed by atoms with Crippen LogP contribution in [0.25, 0.3) is 0 Å². The summed E-state index contributed by atoms with van der Waals surface area (Å²) in [5.41, 5.74) is 1.26. The molecular weight excluding hydrogens is 222 g/mol. The normalized spacial score (nSPS) is 10.1. The van der Waals surface area contributed by atoms with Crippen LogP contribution in [-0.4, -0.2) is 16.5 Å². The van der Waals surface area contributed by atoms with Gasteiger partial charge in [-0.2, -0.15) is 0 Å². The number of nitrogens with one attached hydrogen (secondary N) is 1. The highest BCUT2D eigenvalue weighted by Gasteiger charge is 1.94. The minimum atomic E-state index is 0.652. The van der Waals surface area contributed by atoms with Gasteiger partial charge in [-0.25, -0.2) is 4.98 Å². The van der Waals surface area contributed by atoms with Crippen LogP contribution < -0.4 is 5.32 Å². The van der Waals surface area contributed by atoms with Gasteiger partial charge in [0, 0.05) is 25.1 Å². The third-order valence-corrected chi connectivity index (χ3v) is 2.42. The lowest BCUT2D eigenvalue weighted by Crippen LogP contribution is -2.05. The Morgan fingerprint density at radius 2 is 1.94 bits per heavy atom. The molecule has 4 heteroatoms. The van der Waals surface area contributed by atoms with E-state index in [1.165, 1.54) is 5.56 Å². The first-order valence-corrected chi connectivity index (χ1v) is 5.47. The molecule has 2 rings (SSSR count). The molecule has 0 spiro atoms. The summed E-state index contributed by atoms with van der Waals surface area (Å²) in [7, 11) is 0. The molecule has 0 aliphatic heterocycles. The van der Waals surface area contributed by atoms with E-state index in [1.807, 2.05) is 24.3 Å². The number of anilines is 1. The van der Waals surface area contributed by atoms with Gasteiger partial charge in [-0.1, -0.05) is 11.6 Å². The predicted octanol–water partition coefficient (Wildman–Crippen LogP) is 2.78. The molecule has 3 nitrogen and oxygen atoms in total. The first kappa shape index (κ1) is 10.9. The maximum absolute atomic E-state index is 5.74. The van der Waals surface area contributed by atoms with Crippen LogP contribution in [0.2, 0.25) is 5.02 Å². The van der Waals surface area contributed by atoms with Gasteiger partial charge in [0.25, 0.3) is 0 Å². The fourth-order valence-electron chi connectivity index (χ4n) is 1.36. The summed E-state index contributed by atoms with van der Waals surface area (Å²) in [6.07, 6.45) is 6.19. The van der Waals surface area contributed by atoms with Gasteiger partial charge in [-0.05, 0) is 36.2 Å². The van der Waals surface area contributed by atoms with Gasteiger partial charge in [0.15, 0.2) is 0 Å². The van der Waals surface area contributed by atoms with Crippen molar-refractivity contribution >= 4 is 17.4 Å². The van der Waals surface area contributed by atoms with Crippen molar-refractivity contribution in [3.8, 4) is 0 Å². The first-order valence-electron chi connectivity index (χ1n) is 5.09. The molecule has 2 heterocycles. The SMILES string of the molecule is Clc1ccc(NCCc2ccncc2)nc1. The van der Waals surface area contributed by atoms with E-state index in [-0.39, 0.29) is 0 Å². The fraction of sp³-hybridized carbons (Fsp3) is 0.167. The highest BCUT2D eigenvalue weighted by Crippen LogP contribution is 2.09. The Bertz CT molecular complexity index is 428. The smallest absolute Gasteiger partial charge is 0.125 e. The monoisotopic (exact) mass is 233 g/mol. The number of halogens is 1. The average molecular weight is 234 g/mol. The van der Waals surface area contributed by atoms with E-state index in [1.54, 1.807) is 18.6 Å². The summed E-state index contributed by atoms with van der Waals surface area (Å²) in [6.45, 7) is 0.846. The molecule has 16 heavy (non-hydrogen) atoms. The van der Waals surface area contributed by atoms with Gasteiger partial charge in [0.05, 0.1) is 5.02 Å². The Balaban J connectivity index is 1.82. The van der Waals surface area contributed by atoms with E-state index < -0.39 is 0 Å². The number of rotatable bonds is 4. The molecule has 2 aromatic heterocycles. The summed E-state index contributed by atoms with van der Waals surface area (Å²) >= 11 is 5.74.